The highest BCUT2D eigenvalue weighted by Gasteiger charge is 2.23. The lowest BCUT2D eigenvalue weighted by Crippen LogP contribution is -2.47. The molecule has 1 aromatic heterocycles. The predicted molar refractivity (Wildman–Crippen MR) is 128 cm³/mol. The van der Waals surface area contributed by atoms with Crippen molar-refractivity contribution in [1.82, 2.24) is 9.88 Å². The van der Waals surface area contributed by atoms with Crippen LogP contribution in [0.5, 0.6) is 11.5 Å². The largest absolute Gasteiger partial charge is 0.486 e. The number of piperazine rings is 1. The van der Waals surface area contributed by atoms with Gasteiger partial charge in [-0.2, -0.15) is 0 Å². The number of hydrogen-bond donors (Lipinski definition) is 1. The maximum Gasteiger partial charge on any atom is 0.259 e. The highest BCUT2D eigenvalue weighted by molar-refractivity contribution is 6.08. The summed E-state index contributed by atoms with van der Waals surface area (Å²) in [7, 11) is 0. The van der Waals surface area contributed by atoms with Gasteiger partial charge in [0, 0.05) is 45.1 Å². The lowest BCUT2D eigenvalue weighted by Gasteiger charge is -2.37. The van der Waals surface area contributed by atoms with Gasteiger partial charge < -0.3 is 19.7 Å². The molecule has 0 saturated carbocycles. The highest BCUT2D eigenvalue weighted by Crippen LogP contribution is 2.35. The lowest BCUT2D eigenvalue weighted by atomic mass is 10.1. The van der Waals surface area contributed by atoms with Crippen LogP contribution in [-0.4, -0.2) is 61.7 Å². The molecule has 0 unspecified atom stereocenters. The number of carbonyl (C=O) groups excluding carboxylic acids is 1. The number of aromatic nitrogens is 1. The van der Waals surface area contributed by atoms with E-state index in [9.17, 15) is 4.79 Å². The number of nitrogens with zero attached hydrogens (tertiary/aromatic N) is 3. The van der Waals surface area contributed by atoms with Crippen LogP contribution < -0.4 is 19.7 Å². The minimum absolute atomic E-state index is 0.194. The van der Waals surface area contributed by atoms with E-state index in [1.54, 1.807) is 6.07 Å². The van der Waals surface area contributed by atoms with E-state index in [0.29, 0.717) is 30.3 Å². The Hall–Kier alpha value is -3.58. The Bertz CT molecular complexity index is 1100. The second-order valence-electron chi connectivity index (χ2n) is 8.24. The molecule has 3 heterocycles. The number of carbonyl (C=O) groups is 1. The average molecular weight is 445 g/mol. The number of ether oxygens (including phenoxy) is 2. The van der Waals surface area contributed by atoms with E-state index in [2.05, 4.69) is 38.3 Å². The van der Waals surface area contributed by atoms with Crippen LogP contribution in [0, 0.1) is 0 Å². The van der Waals surface area contributed by atoms with Gasteiger partial charge in [0.25, 0.3) is 5.91 Å². The van der Waals surface area contributed by atoms with Crippen LogP contribution in [0.15, 0.2) is 67.0 Å². The minimum atomic E-state index is -0.194. The Morgan fingerprint density at radius 1 is 0.909 bits per heavy atom. The molecule has 0 spiro atoms. The van der Waals surface area contributed by atoms with Crippen molar-refractivity contribution in [2.24, 2.45) is 0 Å². The van der Waals surface area contributed by atoms with Crippen molar-refractivity contribution in [3.63, 3.8) is 0 Å². The van der Waals surface area contributed by atoms with Gasteiger partial charge in [0.05, 0.1) is 16.9 Å². The summed E-state index contributed by atoms with van der Waals surface area (Å²) < 4.78 is 11.3. The minimum Gasteiger partial charge on any atom is -0.486 e. The van der Waals surface area contributed by atoms with Gasteiger partial charge >= 0.3 is 0 Å². The van der Waals surface area contributed by atoms with E-state index in [1.165, 1.54) is 5.56 Å². The summed E-state index contributed by atoms with van der Waals surface area (Å²) >= 11 is 0. The monoisotopic (exact) mass is 444 g/mol. The second-order valence-corrected chi connectivity index (χ2v) is 8.24. The second kappa shape index (κ2) is 9.92. The van der Waals surface area contributed by atoms with Crippen molar-refractivity contribution in [2.75, 3.05) is 56.2 Å². The van der Waals surface area contributed by atoms with Gasteiger partial charge in [-0.25, -0.2) is 0 Å². The van der Waals surface area contributed by atoms with Crippen molar-refractivity contribution in [3.05, 3.63) is 78.1 Å². The SMILES string of the molecule is O=C(Nc1ccccc1N1CCN(CCc2ccncc2)CC1)c1cccc2c1OCCO2. The van der Waals surface area contributed by atoms with E-state index in [4.69, 9.17) is 9.47 Å². The number of benzene rings is 2. The lowest BCUT2D eigenvalue weighted by molar-refractivity contribution is 0.101. The smallest absolute Gasteiger partial charge is 0.259 e. The van der Waals surface area contributed by atoms with Crippen LogP contribution >= 0.6 is 0 Å². The van der Waals surface area contributed by atoms with E-state index >= 15 is 0 Å². The van der Waals surface area contributed by atoms with Crippen LogP contribution in [0.3, 0.4) is 0 Å². The molecular weight excluding hydrogens is 416 g/mol. The van der Waals surface area contributed by atoms with Gasteiger partial charge in [-0.05, 0) is 48.4 Å². The first kappa shape index (κ1) is 21.3. The van der Waals surface area contributed by atoms with Crippen molar-refractivity contribution >= 4 is 17.3 Å². The Balaban J connectivity index is 1.23. The first-order chi connectivity index (χ1) is 16.3. The molecule has 2 aliphatic heterocycles. The number of pyridine rings is 1. The first-order valence-electron chi connectivity index (χ1n) is 11.4. The molecular formula is C26H28N4O3. The number of para-hydroxylation sites is 3. The number of amides is 1. The van der Waals surface area contributed by atoms with Gasteiger partial charge in [0.2, 0.25) is 0 Å². The van der Waals surface area contributed by atoms with Crippen LogP contribution in [-0.2, 0) is 6.42 Å². The molecule has 5 rings (SSSR count). The molecule has 1 saturated heterocycles. The highest BCUT2D eigenvalue weighted by atomic mass is 16.6. The van der Waals surface area contributed by atoms with Gasteiger partial charge in [0.1, 0.15) is 13.2 Å². The quantitative estimate of drug-likeness (QED) is 0.628. The summed E-state index contributed by atoms with van der Waals surface area (Å²) in [4.78, 5) is 22.0. The Morgan fingerprint density at radius 3 is 2.55 bits per heavy atom. The van der Waals surface area contributed by atoms with E-state index in [1.807, 2.05) is 42.7 Å². The number of anilines is 2. The average Bonchev–Trinajstić information content (AvgIpc) is 2.88. The number of rotatable bonds is 6. The number of fused-ring (bicyclic) bond motifs is 1. The number of hydrogen-bond acceptors (Lipinski definition) is 6. The molecule has 0 atom stereocenters. The van der Waals surface area contributed by atoms with Crippen LogP contribution in [0.25, 0.3) is 0 Å². The van der Waals surface area contributed by atoms with E-state index < -0.39 is 0 Å². The van der Waals surface area contributed by atoms with Crippen LogP contribution in [0.1, 0.15) is 15.9 Å². The van der Waals surface area contributed by atoms with Gasteiger partial charge in [-0.15, -0.1) is 0 Å². The maximum atomic E-state index is 13.1. The molecule has 170 valence electrons. The zero-order chi connectivity index (χ0) is 22.5. The first-order valence-corrected chi connectivity index (χ1v) is 11.4. The third-order valence-corrected chi connectivity index (χ3v) is 6.14. The fraction of sp³-hybridized carbons (Fsp3) is 0.308. The van der Waals surface area contributed by atoms with Gasteiger partial charge in [-0.3, -0.25) is 14.7 Å². The normalized spacial score (nSPS) is 15.8. The topological polar surface area (TPSA) is 66.9 Å². The summed E-state index contributed by atoms with van der Waals surface area (Å²) in [5.41, 5.74) is 3.66. The van der Waals surface area contributed by atoms with Gasteiger partial charge in [-0.1, -0.05) is 18.2 Å². The van der Waals surface area contributed by atoms with E-state index in [0.717, 1.165) is 50.5 Å². The molecule has 1 amide bonds. The van der Waals surface area contributed by atoms with Crippen molar-refractivity contribution < 1.29 is 14.3 Å². The molecule has 0 radical (unpaired) electrons. The molecule has 2 aliphatic rings. The Labute approximate surface area is 193 Å². The molecule has 1 fully saturated rings. The molecule has 1 N–H and O–H groups in total. The van der Waals surface area contributed by atoms with Crippen molar-refractivity contribution in [2.45, 2.75) is 6.42 Å². The molecule has 3 aromatic rings. The van der Waals surface area contributed by atoms with Crippen molar-refractivity contribution in [1.29, 1.82) is 0 Å². The Kier molecular flexibility index (Phi) is 6.39. The molecule has 2 aromatic carbocycles. The van der Waals surface area contributed by atoms with Crippen LogP contribution in [0.4, 0.5) is 11.4 Å². The summed E-state index contributed by atoms with van der Waals surface area (Å²) in [6.07, 6.45) is 4.73. The third-order valence-electron chi connectivity index (χ3n) is 6.14. The molecule has 0 bridgehead atoms. The molecule has 0 aliphatic carbocycles. The molecule has 7 nitrogen and oxygen atoms in total. The third kappa shape index (κ3) is 4.93. The summed E-state index contributed by atoms with van der Waals surface area (Å²) in [5, 5.41) is 3.10. The fourth-order valence-corrected chi connectivity index (χ4v) is 4.35. The summed E-state index contributed by atoms with van der Waals surface area (Å²) in [6.45, 7) is 5.80. The zero-order valence-corrected chi connectivity index (χ0v) is 18.6. The van der Waals surface area contributed by atoms with Crippen LogP contribution in [0.2, 0.25) is 0 Å². The fourth-order valence-electron chi connectivity index (χ4n) is 4.35. The standard InChI is InChI=1S/C26H28N4O3/c31-26(21-4-3-7-24-25(21)33-19-18-32-24)28-22-5-1-2-6-23(22)30-16-14-29(15-17-30)13-10-20-8-11-27-12-9-20/h1-9,11-12H,10,13-19H2,(H,28,31). The predicted octanol–water partition coefficient (Wildman–Crippen LogP) is 3.47. The molecule has 7 heteroatoms. The van der Waals surface area contributed by atoms with Gasteiger partial charge in [0.15, 0.2) is 11.5 Å². The Morgan fingerprint density at radius 2 is 1.70 bits per heavy atom. The maximum absolute atomic E-state index is 13.1. The van der Waals surface area contributed by atoms with Crippen molar-refractivity contribution in [3.8, 4) is 11.5 Å². The summed E-state index contributed by atoms with van der Waals surface area (Å²) in [6, 6.07) is 17.6. The van der Waals surface area contributed by atoms with E-state index in [-0.39, 0.29) is 5.91 Å². The molecule has 33 heavy (non-hydrogen) atoms. The summed E-state index contributed by atoms with van der Waals surface area (Å²) in [5.74, 6) is 0.937. The zero-order valence-electron chi connectivity index (χ0n) is 18.6. The number of nitrogens with one attached hydrogen (secondary N) is 1.